The number of hydrogen-bond acceptors (Lipinski definition) is 4. The summed E-state index contributed by atoms with van der Waals surface area (Å²) in [6.07, 6.45) is -0.590. The number of carboxylic acid groups (broad SMARTS) is 1. The van der Waals surface area contributed by atoms with Gasteiger partial charge in [-0.25, -0.2) is 13.6 Å². The van der Waals surface area contributed by atoms with E-state index in [2.05, 4.69) is 10.6 Å². The Bertz CT molecular complexity index is 1090. The zero-order valence-corrected chi connectivity index (χ0v) is 18.8. The minimum absolute atomic E-state index is 0.0888. The summed E-state index contributed by atoms with van der Waals surface area (Å²) in [5.74, 6) is -2.85. The van der Waals surface area contributed by atoms with Crippen molar-refractivity contribution in [1.29, 1.82) is 0 Å². The van der Waals surface area contributed by atoms with Crippen molar-refractivity contribution in [3.05, 3.63) is 71.8 Å². The zero-order valence-electron chi connectivity index (χ0n) is 18.8. The molecule has 0 fully saturated rings. The minimum Gasteiger partial charge on any atom is -0.481 e. The predicted octanol–water partition coefficient (Wildman–Crippen LogP) is 4.08. The number of alkyl halides is 2. The molecule has 2 amide bonds. The lowest BCUT2D eigenvalue weighted by Gasteiger charge is -2.26. The number of hydrogen-bond donors (Lipinski definition) is 3. The van der Waals surface area contributed by atoms with Crippen LogP contribution in [0.5, 0.6) is 0 Å². The van der Waals surface area contributed by atoms with E-state index < -0.39 is 48.8 Å². The SMILES string of the molecule is O=C(O)CC(NC(=O)C1CC=CC(NC(=O)OCC2c3ccccc3-c3ccccc32)C1)C(F)F. The lowest BCUT2D eigenvalue weighted by molar-refractivity contribution is -0.139. The Morgan fingerprint density at radius 3 is 2.26 bits per heavy atom. The lowest BCUT2D eigenvalue weighted by atomic mass is 9.90. The van der Waals surface area contributed by atoms with Crippen LogP contribution in [-0.4, -0.2) is 48.2 Å². The van der Waals surface area contributed by atoms with E-state index in [1.165, 1.54) is 0 Å². The van der Waals surface area contributed by atoms with Crippen molar-refractivity contribution in [2.24, 2.45) is 5.92 Å². The van der Waals surface area contributed by atoms with E-state index in [-0.39, 0.29) is 18.9 Å². The number of alkyl carbamates (subject to hydrolysis) is 1. The number of fused-ring (bicyclic) bond motifs is 3. The van der Waals surface area contributed by atoms with Gasteiger partial charge in [0.2, 0.25) is 5.91 Å². The van der Waals surface area contributed by atoms with Crippen molar-refractivity contribution in [1.82, 2.24) is 10.6 Å². The lowest BCUT2D eigenvalue weighted by Crippen LogP contribution is -2.46. The molecule has 0 spiro atoms. The van der Waals surface area contributed by atoms with E-state index in [0.717, 1.165) is 22.3 Å². The second-order valence-electron chi connectivity index (χ2n) is 8.72. The van der Waals surface area contributed by atoms with Gasteiger partial charge >= 0.3 is 12.1 Å². The summed E-state index contributed by atoms with van der Waals surface area (Å²) in [6, 6.07) is 13.7. The second kappa shape index (κ2) is 10.7. The molecule has 9 heteroatoms. The molecular weight excluding hydrogens is 458 g/mol. The fraction of sp³-hybridized carbons (Fsp3) is 0.346. The third-order valence-electron chi connectivity index (χ3n) is 6.37. The number of benzene rings is 2. The van der Waals surface area contributed by atoms with Crippen LogP contribution in [-0.2, 0) is 14.3 Å². The Hall–Kier alpha value is -3.75. The smallest absolute Gasteiger partial charge is 0.407 e. The highest BCUT2D eigenvalue weighted by Crippen LogP contribution is 2.44. The molecule has 4 rings (SSSR count). The van der Waals surface area contributed by atoms with Gasteiger partial charge in [0.15, 0.2) is 0 Å². The average molecular weight is 484 g/mol. The van der Waals surface area contributed by atoms with Crippen LogP contribution in [0.2, 0.25) is 0 Å². The van der Waals surface area contributed by atoms with E-state index in [1.54, 1.807) is 12.2 Å². The molecule has 2 aliphatic rings. The molecule has 184 valence electrons. The summed E-state index contributed by atoms with van der Waals surface area (Å²) in [7, 11) is 0. The molecule has 2 aromatic rings. The molecule has 7 nitrogen and oxygen atoms in total. The second-order valence-corrected chi connectivity index (χ2v) is 8.72. The van der Waals surface area contributed by atoms with E-state index in [4.69, 9.17) is 9.84 Å². The summed E-state index contributed by atoms with van der Waals surface area (Å²) in [5, 5.41) is 13.6. The molecule has 0 bridgehead atoms. The Morgan fingerprint density at radius 2 is 1.66 bits per heavy atom. The zero-order chi connectivity index (χ0) is 24.9. The average Bonchev–Trinajstić information content (AvgIpc) is 3.16. The molecule has 2 aliphatic carbocycles. The van der Waals surface area contributed by atoms with Gasteiger partial charge in [-0.05, 0) is 35.1 Å². The first-order valence-electron chi connectivity index (χ1n) is 11.4. The van der Waals surface area contributed by atoms with Crippen molar-refractivity contribution in [3.63, 3.8) is 0 Å². The first-order chi connectivity index (χ1) is 16.8. The van der Waals surface area contributed by atoms with Crippen LogP contribution in [0, 0.1) is 5.92 Å². The molecule has 3 unspecified atom stereocenters. The molecule has 2 aromatic carbocycles. The summed E-state index contributed by atoms with van der Waals surface area (Å²) < 4.78 is 31.7. The van der Waals surface area contributed by atoms with Crippen LogP contribution >= 0.6 is 0 Å². The van der Waals surface area contributed by atoms with Gasteiger partial charge in [0, 0.05) is 11.8 Å². The van der Waals surface area contributed by atoms with Crippen molar-refractivity contribution >= 4 is 18.0 Å². The highest BCUT2D eigenvalue weighted by Gasteiger charge is 2.32. The molecule has 0 radical (unpaired) electrons. The predicted molar refractivity (Wildman–Crippen MR) is 124 cm³/mol. The minimum atomic E-state index is -3.00. The maximum absolute atomic E-state index is 13.1. The fourth-order valence-corrected chi connectivity index (χ4v) is 4.69. The van der Waals surface area contributed by atoms with E-state index in [9.17, 15) is 23.2 Å². The number of ether oxygens (including phenoxy) is 1. The largest absolute Gasteiger partial charge is 0.481 e. The van der Waals surface area contributed by atoms with Crippen molar-refractivity contribution in [2.45, 2.75) is 43.7 Å². The van der Waals surface area contributed by atoms with E-state index in [1.807, 2.05) is 48.5 Å². The number of nitrogens with one attached hydrogen (secondary N) is 2. The van der Waals surface area contributed by atoms with Gasteiger partial charge in [0.1, 0.15) is 12.6 Å². The van der Waals surface area contributed by atoms with Crippen LogP contribution in [0.3, 0.4) is 0 Å². The van der Waals surface area contributed by atoms with Crippen LogP contribution in [0.1, 0.15) is 36.3 Å². The number of carbonyl (C=O) groups is 3. The number of amides is 2. The standard InChI is InChI=1S/C26H26F2N2O5/c27-24(28)22(13-23(31)32)30-25(33)15-6-5-7-16(12-15)29-26(34)35-14-21-19-10-3-1-8-17(19)18-9-2-4-11-20(18)21/h1-5,7-11,15-16,21-22,24H,6,12-14H2,(H,29,34)(H,30,33)(H,31,32). The number of aliphatic carboxylic acids is 1. The molecule has 0 saturated carbocycles. The molecule has 3 atom stereocenters. The van der Waals surface area contributed by atoms with Crippen LogP contribution in [0.4, 0.5) is 13.6 Å². The molecule has 35 heavy (non-hydrogen) atoms. The summed E-state index contributed by atoms with van der Waals surface area (Å²) in [5.41, 5.74) is 4.41. The first kappa shape index (κ1) is 24.4. The van der Waals surface area contributed by atoms with E-state index in [0.29, 0.717) is 6.42 Å². The van der Waals surface area contributed by atoms with Crippen molar-refractivity contribution in [3.8, 4) is 11.1 Å². The maximum atomic E-state index is 13.1. The van der Waals surface area contributed by atoms with Gasteiger partial charge in [-0.15, -0.1) is 0 Å². The third-order valence-corrected chi connectivity index (χ3v) is 6.37. The van der Waals surface area contributed by atoms with Gasteiger partial charge in [-0.3, -0.25) is 9.59 Å². The quantitative estimate of drug-likeness (QED) is 0.490. The number of halogens is 2. The molecule has 0 aliphatic heterocycles. The van der Waals surface area contributed by atoms with E-state index >= 15 is 0 Å². The number of allylic oxidation sites excluding steroid dienone is 1. The highest BCUT2D eigenvalue weighted by molar-refractivity contribution is 5.81. The van der Waals surface area contributed by atoms with Gasteiger partial charge in [0.25, 0.3) is 6.43 Å². The Balaban J connectivity index is 1.32. The number of rotatable bonds is 8. The highest BCUT2D eigenvalue weighted by atomic mass is 19.3. The van der Waals surface area contributed by atoms with Gasteiger partial charge < -0.3 is 20.5 Å². The molecule has 3 N–H and O–H groups in total. The Labute approximate surface area is 201 Å². The molecule has 0 saturated heterocycles. The summed E-state index contributed by atoms with van der Waals surface area (Å²) >= 11 is 0. The van der Waals surface area contributed by atoms with Gasteiger partial charge in [-0.1, -0.05) is 60.7 Å². The van der Waals surface area contributed by atoms with Crippen molar-refractivity contribution in [2.75, 3.05) is 6.61 Å². The molecule has 0 aromatic heterocycles. The van der Waals surface area contributed by atoms with Crippen molar-refractivity contribution < 1.29 is 33.0 Å². The van der Waals surface area contributed by atoms with Crippen LogP contribution < -0.4 is 10.6 Å². The normalized spacial score (nSPS) is 19.5. The monoisotopic (exact) mass is 484 g/mol. The summed E-state index contributed by atoms with van der Waals surface area (Å²) in [4.78, 5) is 35.7. The number of carbonyl (C=O) groups excluding carboxylic acids is 2. The molecule has 0 heterocycles. The fourth-order valence-electron chi connectivity index (χ4n) is 4.69. The maximum Gasteiger partial charge on any atom is 0.407 e. The van der Waals surface area contributed by atoms with Crippen LogP contribution in [0.15, 0.2) is 60.7 Å². The number of carboxylic acids is 1. The van der Waals surface area contributed by atoms with Crippen LogP contribution in [0.25, 0.3) is 11.1 Å². The topological polar surface area (TPSA) is 105 Å². The first-order valence-corrected chi connectivity index (χ1v) is 11.4. The Morgan fingerprint density at radius 1 is 1.03 bits per heavy atom. The molecular formula is C26H26F2N2O5. The Kier molecular flexibility index (Phi) is 7.43. The summed E-state index contributed by atoms with van der Waals surface area (Å²) in [6.45, 7) is 0.144. The third kappa shape index (κ3) is 5.67. The van der Waals surface area contributed by atoms with Gasteiger partial charge in [-0.2, -0.15) is 0 Å². The van der Waals surface area contributed by atoms with Gasteiger partial charge in [0.05, 0.1) is 12.5 Å².